The molecule has 1 aromatic carbocycles. The fourth-order valence-corrected chi connectivity index (χ4v) is 2.14. The summed E-state index contributed by atoms with van der Waals surface area (Å²) in [6.07, 6.45) is 0.295. The van der Waals surface area contributed by atoms with E-state index in [0.717, 1.165) is 0 Å². The summed E-state index contributed by atoms with van der Waals surface area (Å²) in [4.78, 5) is 34.6. The van der Waals surface area contributed by atoms with Gasteiger partial charge in [-0.3, -0.25) is 10.1 Å². The van der Waals surface area contributed by atoms with Crippen molar-refractivity contribution in [3.05, 3.63) is 38.3 Å². The van der Waals surface area contributed by atoms with Crippen LogP contribution in [0.5, 0.6) is 0 Å². The minimum absolute atomic E-state index is 0.0669. The minimum Gasteiger partial charge on any atom is -0.444 e. The number of nitro benzene ring substituents is 1. The lowest BCUT2D eigenvalue weighted by Crippen LogP contribution is -2.37. The zero-order chi connectivity index (χ0) is 17.6. The van der Waals surface area contributed by atoms with Crippen LogP contribution in [-0.2, 0) is 16.1 Å². The minimum atomic E-state index is -0.670. The second kappa shape index (κ2) is 8.05. The molecule has 0 aliphatic carbocycles. The van der Waals surface area contributed by atoms with Gasteiger partial charge in [0.05, 0.1) is 11.5 Å². The summed E-state index contributed by atoms with van der Waals surface area (Å²) in [5, 5.41) is 10.9. The predicted molar refractivity (Wildman–Crippen MR) is 88.1 cm³/mol. The number of halogens is 1. The van der Waals surface area contributed by atoms with E-state index in [2.05, 4.69) is 15.9 Å². The Morgan fingerprint density at radius 1 is 1.43 bits per heavy atom. The lowest BCUT2D eigenvalue weighted by molar-refractivity contribution is -0.384. The smallest absolute Gasteiger partial charge is 0.410 e. The van der Waals surface area contributed by atoms with Gasteiger partial charge in [0, 0.05) is 29.6 Å². The topological polar surface area (TPSA) is 89.8 Å². The average molecular weight is 387 g/mol. The number of nitrogens with zero attached hydrogens (tertiary/aromatic N) is 2. The number of aldehydes is 1. The number of non-ortho nitro benzene ring substituents is 1. The molecule has 0 aromatic heterocycles. The molecule has 0 bridgehead atoms. The van der Waals surface area contributed by atoms with Gasteiger partial charge in [-0.1, -0.05) is 15.9 Å². The zero-order valence-electron chi connectivity index (χ0n) is 13.2. The van der Waals surface area contributed by atoms with E-state index in [1.54, 1.807) is 26.8 Å². The molecular weight excluding hydrogens is 368 g/mol. The summed E-state index contributed by atoms with van der Waals surface area (Å²) in [5.41, 5.74) is -0.171. The molecule has 0 saturated heterocycles. The first-order valence-corrected chi connectivity index (χ1v) is 7.77. The van der Waals surface area contributed by atoms with E-state index in [4.69, 9.17) is 4.74 Å². The fourth-order valence-electron chi connectivity index (χ4n) is 1.77. The highest BCUT2D eigenvalue weighted by Crippen LogP contribution is 2.24. The molecule has 0 spiro atoms. The Bertz CT molecular complexity index is 598. The summed E-state index contributed by atoms with van der Waals surface area (Å²) in [6.45, 7) is 5.50. The molecule has 1 aromatic rings. The zero-order valence-corrected chi connectivity index (χ0v) is 14.8. The second-order valence-electron chi connectivity index (χ2n) is 5.89. The standard InChI is InChI=1S/C15H19BrN2O5/c1-15(2,3)23-14(20)17(7-4-8-19)10-11-9-12(18(21)22)5-6-13(11)16/h5-6,8-9H,4,7,10H2,1-3H3. The Hall–Kier alpha value is -1.96. The monoisotopic (exact) mass is 386 g/mol. The summed E-state index contributed by atoms with van der Waals surface area (Å²) >= 11 is 3.32. The van der Waals surface area contributed by atoms with E-state index in [9.17, 15) is 19.7 Å². The highest BCUT2D eigenvalue weighted by molar-refractivity contribution is 9.10. The number of hydrogen-bond acceptors (Lipinski definition) is 5. The van der Waals surface area contributed by atoms with Gasteiger partial charge in [-0.2, -0.15) is 0 Å². The number of amides is 1. The number of carbonyl (C=O) groups is 2. The Morgan fingerprint density at radius 3 is 2.61 bits per heavy atom. The molecule has 23 heavy (non-hydrogen) atoms. The van der Waals surface area contributed by atoms with Gasteiger partial charge in [-0.25, -0.2) is 4.79 Å². The van der Waals surface area contributed by atoms with Gasteiger partial charge >= 0.3 is 6.09 Å². The van der Waals surface area contributed by atoms with Crippen molar-refractivity contribution in [1.29, 1.82) is 0 Å². The van der Waals surface area contributed by atoms with Crippen molar-refractivity contribution in [2.45, 2.75) is 39.3 Å². The van der Waals surface area contributed by atoms with Crippen LogP contribution in [0, 0.1) is 10.1 Å². The third-order valence-corrected chi connectivity index (χ3v) is 3.54. The van der Waals surface area contributed by atoms with Crippen LogP contribution in [0.2, 0.25) is 0 Å². The van der Waals surface area contributed by atoms with E-state index in [1.165, 1.54) is 17.0 Å². The number of rotatable bonds is 6. The lowest BCUT2D eigenvalue weighted by Gasteiger charge is -2.27. The molecule has 1 amide bonds. The second-order valence-corrected chi connectivity index (χ2v) is 6.74. The van der Waals surface area contributed by atoms with Crippen LogP contribution in [0.3, 0.4) is 0 Å². The van der Waals surface area contributed by atoms with Crippen LogP contribution >= 0.6 is 15.9 Å². The maximum Gasteiger partial charge on any atom is 0.410 e. The number of hydrogen-bond donors (Lipinski definition) is 0. The molecule has 0 N–H and O–H groups in total. The third kappa shape index (κ3) is 6.35. The van der Waals surface area contributed by atoms with Gasteiger partial charge < -0.3 is 14.4 Å². The van der Waals surface area contributed by atoms with Crippen molar-refractivity contribution in [2.24, 2.45) is 0 Å². The van der Waals surface area contributed by atoms with E-state index in [0.29, 0.717) is 16.3 Å². The van der Waals surface area contributed by atoms with E-state index < -0.39 is 16.6 Å². The Balaban J connectivity index is 3.00. The predicted octanol–water partition coefficient (Wildman–Crippen LogP) is 3.68. The molecule has 126 valence electrons. The largest absolute Gasteiger partial charge is 0.444 e. The average Bonchev–Trinajstić information content (AvgIpc) is 2.42. The molecule has 8 heteroatoms. The van der Waals surface area contributed by atoms with Gasteiger partial charge in [0.25, 0.3) is 5.69 Å². The Kier molecular flexibility index (Phi) is 6.68. The highest BCUT2D eigenvalue weighted by atomic mass is 79.9. The van der Waals surface area contributed by atoms with Gasteiger partial charge in [0.1, 0.15) is 11.9 Å². The lowest BCUT2D eigenvalue weighted by atomic mass is 10.2. The van der Waals surface area contributed by atoms with Gasteiger partial charge in [0.2, 0.25) is 0 Å². The Labute approximate surface area is 142 Å². The molecule has 0 atom stereocenters. The van der Waals surface area contributed by atoms with Crippen LogP contribution in [0.15, 0.2) is 22.7 Å². The van der Waals surface area contributed by atoms with Crippen LogP contribution < -0.4 is 0 Å². The number of nitro groups is 1. The van der Waals surface area contributed by atoms with Crippen LogP contribution in [0.4, 0.5) is 10.5 Å². The summed E-state index contributed by atoms with van der Waals surface area (Å²) in [6, 6.07) is 4.32. The SMILES string of the molecule is CC(C)(C)OC(=O)N(CCC=O)Cc1cc([N+](=O)[O-])ccc1Br. The quantitative estimate of drug-likeness (QED) is 0.422. The first-order chi connectivity index (χ1) is 10.6. The van der Waals surface area contributed by atoms with Gasteiger partial charge in [0.15, 0.2) is 0 Å². The molecule has 0 aliphatic heterocycles. The van der Waals surface area contributed by atoms with E-state index >= 15 is 0 Å². The normalized spacial score (nSPS) is 11.0. The van der Waals surface area contributed by atoms with Crippen molar-refractivity contribution in [3.63, 3.8) is 0 Å². The van der Waals surface area contributed by atoms with Crippen molar-refractivity contribution in [1.82, 2.24) is 4.90 Å². The first kappa shape index (κ1) is 19.1. The number of ether oxygens (including phenoxy) is 1. The van der Waals surface area contributed by atoms with E-state index in [-0.39, 0.29) is 25.2 Å². The molecule has 0 aliphatic rings. The Morgan fingerprint density at radius 2 is 2.09 bits per heavy atom. The molecule has 0 saturated carbocycles. The van der Waals surface area contributed by atoms with Crippen LogP contribution in [0.25, 0.3) is 0 Å². The third-order valence-electron chi connectivity index (χ3n) is 2.77. The number of carbonyl (C=O) groups excluding carboxylic acids is 2. The first-order valence-electron chi connectivity index (χ1n) is 6.98. The molecule has 0 fully saturated rings. The van der Waals surface area contributed by atoms with Crippen molar-refractivity contribution in [3.8, 4) is 0 Å². The molecule has 0 unspecified atom stereocenters. The summed E-state index contributed by atoms with van der Waals surface area (Å²) < 4.78 is 5.95. The van der Waals surface area contributed by atoms with Crippen molar-refractivity contribution in [2.75, 3.05) is 6.54 Å². The summed E-state index contributed by atoms with van der Waals surface area (Å²) in [5.74, 6) is 0. The molecule has 1 rings (SSSR count). The van der Waals surface area contributed by atoms with Crippen LogP contribution in [-0.4, -0.2) is 34.3 Å². The van der Waals surface area contributed by atoms with Crippen LogP contribution in [0.1, 0.15) is 32.8 Å². The fraction of sp³-hybridized carbons (Fsp3) is 0.467. The van der Waals surface area contributed by atoms with E-state index in [1.807, 2.05) is 0 Å². The molecular formula is C15H19BrN2O5. The maximum atomic E-state index is 12.2. The van der Waals surface area contributed by atoms with Gasteiger partial charge in [-0.15, -0.1) is 0 Å². The highest BCUT2D eigenvalue weighted by Gasteiger charge is 2.23. The van der Waals surface area contributed by atoms with Gasteiger partial charge in [-0.05, 0) is 32.4 Å². The molecule has 0 heterocycles. The molecule has 7 nitrogen and oxygen atoms in total. The number of benzene rings is 1. The summed E-state index contributed by atoms with van der Waals surface area (Å²) in [7, 11) is 0. The maximum absolute atomic E-state index is 12.2. The molecule has 0 radical (unpaired) electrons. The van der Waals surface area contributed by atoms with Crippen molar-refractivity contribution >= 4 is 34.0 Å². The van der Waals surface area contributed by atoms with Crippen molar-refractivity contribution < 1.29 is 19.2 Å².